The number of rotatable bonds is 4. The summed E-state index contributed by atoms with van der Waals surface area (Å²) in [6.07, 6.45) is -1.36. The molecule has 2 aromatic rings. The Balaban J connectivity index is 2.44. The highest BCUT2D eigenvalue weighted by Gasteiger charge is 2.27. The maximum atomic E-state index is 13.8. The van der Waals surface area contributed by atoms with Gasteiger partial charge >= 0.3 is 0 Å². The van der Waals surface area contributed by atoms with E-state index in [0.717, 1.165) is 23.3 Å². The largest absolute Gasteiger partial charge is 0.388 e. The van der Waals surface area contributed by atoms with Crippen LogP contribution in [0.25, 0.3) is 0 Å². The molecule has 112 valence electrons. The van der Waals surface area contributed by atoms with Crippen LogP contribution >= 0.6 is 0 Å². The topological polar surface area (TPSA) is 46.2 Å². The minimum absolute atomic E-state index is 0.0461. The molecule has 0 aliphatic carbocycles. The fourth-order valence-electron chi connectivity index (χ4n) is 2.41. The number of nitrogens with two attached hydrogens (primary N) is 1. The van der Waals surface area contributed by atoms with Crippen molar-refractivity contribution in [2.75, 3.05) is 6.54 Å². The minimum Gasteiger partial charge on any atom is -0.388 e. The monoisotopic (exact) mass is 295 g/mol. The van der Waals surface area contributed by atoms with E-state index >= 15 is 0 Å². The van der Waals surface area contributed by atoms with Crippen LogP contribution in [0.3, 0.4) is 0 Å². The molecule has 2 nitrogen and oxygen atoms in total. The molecule has 0 saturated heterocycles. The van der Waals surface area contributed by atoms with E-state index in [1.165, 1.54) is 0 Å². The minimum atomic E-state index is -1.59. The van der Waals surface area contributed by atoms with Gasteiger partial charge in [-0.25, -0.2) is 13.2 Å². The predicted octanol–water partition coefficient (Wildman–Crippen LogP) is 3.19. The first-order valence-corrected chi connectivity index (χ1v) is 6.54. The molecule has 0 fully saturated rings. The summed E-state index contributed by atoms with van der Waals surface area (Å²) in [5, 5.41) is 10.3. The Kier molecular flexibility index (Phi) is 4.65. The van der Waals surface area contributed by atoms with Crippen molar-refractivity contribution in [3.05, 3.63) is 70.5 Å². The summed E-state index contributed by atoms with van der Waals surface area (Å²) in [6, 6.07) is 9.05. The molecule has 0 bridgehead atoms. The van der Waals surface area contributed by atoms with Crippen molar-refractivity contribution < 1.29 is 18.3 Å². The van der Waals surface area contributed by atoms with Gasteiger partial charge in [-0.3, -0.25) is 0 Å². The molecule has 2 rings (SSSR count). The van der Waals surface area contributed by atoms with Gasteiger partial charge in [0.15, 0.2) is 17.5 Å². The summed E-state index contributed by atoms with van der Waals surface area (Å²) in [4.78, 5) is 0. The Bertz CT molecular complexity index is 645. The van der Waals surface area contributed by atoms with Crippen LogP contribution in [-0.4, -0.2) is 11.7 Å². The highest BCUT2D eigenvalue weighted by Crippen LogP contribution is 2.34. The Hall–Kier alpha value is -1.85. The van der Waals surface area contributed by atoms with E-state index in [1.807, 2.05) is 19.1 Å². The Labute approximate surface area is 121 Å². The van der Waals surface area contributed by atoms with E-state index in [1.54, 1.807) is 12.1 Å². The number of hydrogen-bond donors (Lipinski definition) is 2. The first-order chi connectivity index (χ1) is 9.97. The van der Waals surface area contributed by atoms with Crippen LogP contribution in [0.15, 0.2) is 36.4 Å². The number of hydrogen-bond acceptors (Lipinski definition) is 2. The van der Waals surface area contributed by atoms with Gasteiger partial charge < -0.3 is 10.8 Å². The predicted molar refractivity (Wildman–Crippen MR) is 74.3 cm³/mol. The zero-order valence-corrected chi connectivity index (χ0v) is 11.5. The van der Waals surface area contributed by atoms with E-state index < -0.39 is 29.5 Å². The zero-order chi connectivity index (χ0) is 15.6. The molecule has 2 aromatic carbocycles. The van der Waals surface area contributed by atoms with Crippen LogP contribution in [0.1, 0.15) is 28.7 Å². The van der Waals surface area contributed by atoms with Gasteiger partial charge in [-0.1, -0.05) is 30.3 Å². The van der Waals surface area contributed by atoms with Gasteiger partial charge in [-0.15, -0.1) is 0 Å². The van der Waals surface area contributed by atoms with Gasteiger partial charge in [0.25, 0.3) is 0 Å². The third kappa shape index (κ3) is 2.94. The van der Waals surface area contributed by atoms with Crippen molar-refractivity contribution in [2.24, 2.45) is 5.73 Å². The number of benzene rings is 2. The fourth-order valence-corrected chi connectivity index (χ4v) is 2.41. The molecule has 2 unspecified atom stereocenters. The van der Waals surface area contributed by atoms with Gasteiger partial charge in [0, 0.05) is 18.0 Å². The second-order valence-corrected chi connectivity index (χ2v) is 4.91. The molecule has 0 radical (unpaired) electrons. The van der Waals surface area contributed by atoms with Crippen LogP contribution in [0.5, 0.6) is 0 Å². The molecule has 3 N–H and O–H groups in total. The number of aliphatic hydroxyl groups is 1. The first-order valence-electron chi connectivity index (χ1n) is 6.54. The highest BCUT2D eigenvalue weighted by atomic mass is 19.2. The Morgan fingerprint density at radius 1 is 1.00 bits per heavy atom. The summed E-state index contributed by atoms with van der Waals surface area (Å²) >= 11 is 0. The molecule has 2 atom stereocenters. The lowest BCUT2D eigenvalue weighted by atomic mass is 9.86. The number of aryl methyl sites for hydroxylation is 1. The smallest absolute Gasteiger partial charge is 0.194 e. The lowest BCUT2D eigenvalue weighted by Crippen LogP contribution is -2.22. The van der Waals surface area contributed by atoms with Gasteiger partial charge in [0.2, 0.25) is 0 Å². The molecule has 0 aliphatic rings. The van der Waals surface area contributed by atoms with E-state index in [4.69, 9.17) is 5.73 Å². The average Bonchev–Trinajstić information content (AvgIpc) is 2.47. The SMILES string of the molecule is Cc1ccccc1C(CN)C(O)c1ccc(F)c(F)c1F. The number of aliphatic hydroxyl groups excluding tert-OH is 1. The van der Waals surface area contributed by atoms with Gasteiger partial charge in [-0.05, 0) is 24.1 Å². The molecule has 0 saturated carbocycles. The normalized spacial score (nSPS) is 14.0. The lowest BCUT2D eigenvalue weighted by molar-refractivity contribution is 0.141. The average molecular weight is 295 g/mol. The standard InChI is InChI=1S/C16H16F3NO/c1-9-4-2-3-5-10(9)12(8-20)16(21)11-6-7-13(17)15(19)14(11)18/h2-7,12,16,21H,8,20H2,1H3. The summed E-state index contributed by atoms with van der Waals surface area (Å²) in [7, 11) is 0. The van der Waals surface area contributed by atoms with Crippen molar-refractivity contribution in [3.8, 4) is 0 Å². The van der Waals surface area contributed by atoms with Crippen LogP contribution in [0.4, 0.5) is 13.2 Å². The van der Waals surface area contributed by atoms with Crippen molar-refractivity contribution in [1.29, 1.82) is 0 Å². The number of halogens is 3. The third-order valence-corrected chi connectivity index (χ3v) is 3.61. The fraction of sp³-hybridized carbons (Fsp3) is 0.250. The summed E-state index contributed by atoms with van der Waals surface area (Å²) < 4.78 is 40.1. The molecule has 0 heterocycles. The van der Waals surface area contributed by atoms with Crippen molar-refractivity contribution in [3.63, 3.8) is 0 Å². The molecule has 0 aliphatic heterocycles. The van der Waals surface area contributed by atoms with Gasteiger partial charge in [-0.2, -0.15) is 0 Å². The maximum absolute atomic E-state index is 13.8. The van der Waals surface area contributed by atoms with Crippen molar-refractivity contribution in [1.82, 2.24) is 0 Å². The van der Waals surface area contributed by atoms with Crippen molar-refractivity contribution >= 4 is 0 Å². The van der Waals surface area contributed by atoms with E-state index in [0.29, 0.717) is 0 Å². The Morgan fingerprint density at radius 2 is 1.67 bits per heavy atom. The molecule has 21 heavy (non-hydrogen) atoms. The molecule has 0 spiro atoms. The van der Waals surface area contributed by atoms with Crippen LogP contribution < -0.4 is 5.73 Å². The van der Waals surface area contributed by atoms with Crippen LogP contribution in [0, 0.1) is 24.4 Å². The molecule has 0 amide bonds. The summed E-state index contributed by atoms with van der Waals surface area (Å²) in [5.41, 5.74) is 7.01. The Morgan fingerprint density at radius 3 is 2.29 bits per heavy atom. The molecular weight excluding hydrogens is 279 g/mol. The molecule has 5 heteroatoms. The summed E-state index contributed by atoms with van der Waals surface area (Å²) in [5.74, 6) is -4.86. The van der Waals surface area contributed by atoms with E-state index in [-0.39, 0.29) is 12.1 Å². The lowest BCUT2D eigenvalue weighted by Gasteiger charge is -2.24. The summed E-state index contributed by atoms with van der Waals surface area (Å²) in [6.45, 7) is 1.89. The second kappa shape index (κ2) is 6.28. The maximum Gasteiger partial charge on any atom is 0.194 e. The van der Waals surface area contributed by atoms with E-state index in [9.17, 15) is 18.3 Å². The van der Waals surface area contributed by atoms with Crippen LogP contribution in [0.2, 0.25) is 0 Å². The zero-order valence-electron chi connectivity index (χ0n) is 11.5. The van der Waals surface area contributed by atoms with Gasteiger partial charge in [0.05, 0.1) is 6.10 Å². The third-order valence-electron chi connectivity index (χ3n) is 3.61. The van der Waals surface area contributed by atoms with E-state index in [2.05, 4.69) is 0 Å². The first kappa shape index (κ1) is 15.5. The highest BCUT2D eigenvalue weighted by molar-refractivity contribution is 5.33. The van der Waals surface area contributed by atoms with Gasteiger partial charge in [0.1, 0.15) is 0 Å². The molecule has 0 aromatic heterocycles. The quantitative estimate of drug-likeness (QED) is 0.851. The molecular formula is C16H16F3NO. The second-order valence-electron chi connectivity index (χ2n) is 4.91. The van der Waals surface area contributed by atoms with Crippen molar-refractivity contribution in [2.45, 2.75) is 18.9 Å². The van der Waals surface area contributed by atoms with Crippen LogP contribution in [-0.2, 0) is 0 Å².